The van der Waals surface area contributed by atoms with Crippen LogP contribution in [0.25, 0.3) is 5.69 Å². The van der Waals surface area contributed by atoms with Crippen molar-refractivity contribution in [1.29, 1.82) is 0 Å². The van der Waals surface area contributed by atoms with Crippen LogP contribution in [0.3, 0.4) is 0 Å². The third-order valence-electron chi connectivity index (χ3n) is 8.95. The van der Waals surface area contributed by atoms with Crippen LogP contribution in [0.2, 0.25) is 0 Å². The van der Waals surface area contributed by atoms with Crippen LogP contribution in [0.4, 0.5) is 68.3 Å². The number of hydrogen-bond acceptors (Lipinski definition) is 10. The number of carbonyl (C=O) groups excluding carboxylic acids is 4. The number of fused-ring (bicyclic) bond motifs is 2. The number of nitrogens with one attached hydrogen (secondary N) is 6. The Morgan fingerprint density at radius 3 is 1.73 bits per heavy atom. The van der Waals surface area contributed by atoms with Gasteiger partial charge in [-0.15, -0.1) is 0 Å². The topological polar surface area (TPSA) is 274 Å². The van der Waals surface area contributed by atoms with Gasteiger partial charge in [0.15, 0.2) is 0 Å². The lowest BCUT2D eigenvalue weighted by Crippen LogP contribution is -2.19. The molecule has 2 aliphatic heterocycles. The van der Waals surface area contributed by atoms with E-state index in [1.54, 1.807) is 81.8 Å². The lowest BCUT2D eigenvalue weighted by molar-refractivity contribution is -0.384. The Bertz CT molecular complexity index is 2800. The van der Waals surface area contributed by atoms with Gasteiger partial charge >= 0.3 is 24.2 Å². The van der Waals surface area contributed by atoms with Gasteiger partial charge in [-0.1, -0.05) is 24.3 Å². The number of carboxylic acid groups (broad SMARTS) is 1. The first kappa shape index (κ1) is 48.2. The van der Waals surface area contributed by atoms with Crippen LogP contribution in [-0.4, -0.2) is 63.6 Å². The maximum Gasteiger partial charge on any atom is 0.416 e. The molecular weight excluding hydrogens is 870 g/mol. The van der Waals surface area contributed by atoms with Crippen LogP contribution in [-0.2, 0) is 33.3 Å². The predicted octanol–water partition coefficient (Wildman–Crippen LogP) is 8.30. The second-order valence-electron chi connectivity index (χ2n) is 14.2. The number of aryl methyl sites for hydroxylation is 1. The second-order valence-corrected chi connectivity index (χ2v) is 14.2. The number of nitrogens with zero attached hydrogens (tertiary/aromatic N) is 3. The number of aromatic carboxylic acids is 1. The number of benzene rings is 5. The molecular formula is C44H41F3N10O9. The van der Waals surface area contributed by atoms with Gasteiger partial charge in [0.05, 0.1) is 40.9 Å². The van der Waals surface area contributed by atoms with E-state index in [1.165, 1.54) is 41.4 Å². The molecule has 9 N–H and O–H groups in total. The molecule has 0 fully saturated rings. The van der Waals surface area contributed by atoms with Crippen molar-refractivity contribution < 1.29 is 51.9 Å². The van der Waals surface area contributed by atoms with E-state index < -0.39 is 34.2 Å². The number of methoxy groups -OCH3 is 1. The molecule has 0 atom stereocenters. The lowest BCUT2D eigenvalue weighted by atomic mass is 10.1. The first-order valence-electron chi connectivity index (χ1n) is 19.3. The minimum Gasteiger partial charge on any atom is -0.478 e. The summed E-state index contributed by atoms with van der Waals surface area (Å²) in [5.74, 6) is -1.53. The number of halogens is 3. The van der Waals surface area contributed by atoms with Gasteiger partial charge in [0.2, 0.25) is 11.8 Å². The van der Waals surface area contributed by atoms with Crippen molar-refractivity contribution in [2.75, 3.05) is 51.9 Å². The zero-order valence-corrected chi connectivity index (χ0v) is 35.1. The average molecular weight is 911 g/mol. The third kappa shape index (κ3) is 13.9. The van der Waals surface area contributed by atoms with Crippen molar-refractivity contribution in [2.24, 2.45) is 0 Å². The van der Waals surface area contributed by atoms with Crippen molar-refractivity contribution in [3.8, 4) is 5.69 Å². The molecule has 2 aliphatic rings. The first-order valence-corrected chi connectivity index (χ1v) is 19.3. The van der Waals surface area contributed by atoms with Crippen LogP contribution < -0.4 is 37.6 Å². The number of nitro groups is 1. The summed E-state index contributed by atoms with van der Waals surface area (Å²) < 4.78 is 43.7. The first-order chi connectivity index (χ1) is 31.3. The number of alkyl halides is 3. The number of anilines is 7. The van der Waals surface area contributed by atoms with E-state index >= 15 is 0 Å². The van der Waals surface area contributed by atoms with Crippen LogP contribution in [0.5, 0.6) is 0 Å². The fraction of sp³-hybridized carbons (Fsp3) is 0.136. The SMILES string of the molecule is COC.Cc1cn(-c2cc(C(=O)O)cc(C(F)(F)F)c2)cn1.Nc1cccc(NC(=O)Nc2ccc3c(c2)NC(=O)C3)c1.O=C1Cc2ccc(NC(=O)Nc3cccc([N+](=O)[O-])c3)cc2N1. The number of urea groups is 2. The Balaban J connectivity index is 0.000000181. The van der Waals surface area contributed by atoms with Crippen LogP contribution in [0.15, 0.2) is 116 Å². The number of aromatic nitrogens is 2. The summed E-state index contributed by atoms with van der Waals surface area (Å²) in [5, 5.41) is 35.5. The maximum atomic E-state index is 12.7. The summed E-state index contributed by atoms with van der Waals surface area (Å²) in [6.45, 7) is 1.68. The lowest BCUT2D eigenvalue weighted by Gasteiger charge is -2.11. The normalized spacial score (nSPS) is 11.8. The monoisotopic (exact) mass is 910 g/mol. The molecule has 6 aromatic rings. The molecule has 22 heteroatoms. The fourth-order valence-electron chi connectivity index (χ4n) is 6.09. The quantitative estimate of drug-likeness (QED) is 0.0428. The van der Waals surface area contributed by atoms with E-state index in [4.69, 9.17) is 10.8 Å². The van der Waals surface area contributed by atoms with E-state index in [0.717, 1.165) is 22.9 Å². The highest BCUT2D eigenvalue weighted by Gasteiger charge is 2.32. The number of carbonyl (C=O) groups is 5. The highest BCUT2D eigenvalue weighted by atomic mass is 19.4. The number of ether oxygens (including phenoxy) is 1. The minimum absolute atomic E-state index is 0.0358. The molecule has 342 valence electrons. The number of amides is 6. The molecule has 0 spiro atoms. The third-order valence-corrected chi connectivity index (χ3v) is 8.95. The molecule has 3 heterocycles. The van der Waals surface area contributed by atoms with Gasteiger partial charge in [-0.2, -0.15) is 13.2 Å². The van der Waals surface area contributed by atoms with Gasteiger partial charge in [0, 0.05) is 78.0 Å². The largest absolute Gasteiger partial charge is 0.478 e. The molecule has 1 aromatic heterocycles. The zero-order chi connectivity index (χ0) is 48.1. The number of imidazole rings is 1. The van der Waals surface area contributed by atoms with E-state index in [9.17, 15) is 47.3 Å². The van der Waals surface area contributed by atoms with Gasteiger partial charge in [-0.25, -0.2) is 19.4 Å². The highest BCUT2D eigenvalue weighted by molar-refractivity contribution is 6.04. The van der Waals surface area contributed by atoms with Gasteiger partial charge in [0.25, 0.3) is 5.69 Å². The minimum atomic E-state index is -4.60. The van der Waals surface area contributed by atoms with Crippen molar-refractivity contribution in [3.05, 3.63) is 154 Å². The summed E-state index contributed by atoms with van der Waals surface area (Å²) in [5.41, 5.74) is 10.7. The van der Waals surface area contributed by atoms with E-state index in [-0.39, 0.29) is 29.2 Å². The molecule has 0 unspecified atom stereocenters. The second kappa shape index (κ2) is 21.5. The molecule has 6 amide bonds. The van der Waals surface area contributed by atoms with Gasteiger partial charge in [-0.05, 0) is 84.8 Å². The number of non-ortho nitro benzene ring substituents is 1. The molecule has 19 nitrogen and oxygen atoms in total. The molecule has 66 heavy (non-hydrogen) atoms. The Morgan fingerprint density at radius 2 is 1.27 bits per heavy atom. The Labute approximate surface area is 373 Å². The summed E-state index contributed by atoms with van der Waals surface area (Å²) in [7, 11) is 3.25. The number of nitrogen functional groups attached to an aromatic ring is 1. The number of carboxylic acids is 1. The van der Waals surface area contributed by atoms with Gasteiger partial charge in [0.1, 0.15) is 0 Å². The van der Waals surface area contributed by atoms with Crippen LogP contribution in [0.1, 0.15) is 32.7 Å². The highest BCUT2D eigenvalue weighted by Crippen LogP contribution is 2.32. The molecule has 0 saturated heterocycles. The van der Waals surface area contributed by atoms with Crippen molar-refractivity contribution in [3.63, 3.8) is 0 Å². The summed E-state index contributed by atoms with van der Waals surface area (Å²) in [6, 6.07) is 24.7. The van der Waals surface area contributed by atoms with Crippen LogP contribution in [0, 0.1) is 17.0 Å². The smallest absolute Gasteiger partial charge is 0.416 e. The Hall–Kier alpha value is -8.79. The molecule has 0 bridgehead atoms. The standard InChI is InChI=1S/C15H12N4O4.C15H14N4O2.C12H9F3N2O2.C2H6O/c20-14-6-9-4-5-11(8-13(9)18-14)17-15(21)16-10-2-1-3-12(7-10)19(22)23;16-10-2-1-3-11(7-10)17-15(21)18-12-5-4-9-6-14(20)19-13(9)8-12;1-7-5-17(6-16-7)10-3-8(11(18)19)2-9(4-10)12(13,14)15;1-3-2/h1-5,7-8H,6H2,(H,18,20)(H2,16,17,21);1-5,7-8H,6,16H2,(H,19,20)(H2,17,18,21);2-6H,1H3,(H,18,19);1-2H3. The Kier molecular flexibility index (Phi) is 15.7. The molecule has 5 aromatic carbocycles. The van der Waals surface area contributed by atoms with Crippen molar-refractivity contribution in [2.45, 2.75) is 25.9 Å². The summed E-state index contributed by atoms with van der Waals surface area (Å²) >= 11 is 0. The fourth-order valence-corrected chi connectivity index (χ4v) is 6.09. The van der Waals surface area contributed by atoms with Crippen molar-refractivity contribution >= 4 is 75.3 Å². The molecule has 0 saturated carbocycles. The van der Waals surface area contributed by atoms with Crippen molar-refractivity contribution in [1.82, 2.24) is 9.55 Å². The average Bonchev–Trinajstić information content (AvgIpc) is 3.97. The van der Waals surface area contributed by atoms with E-state index in [1.807, 2.05) is 6.07 Å². The number of rotatable bonds is 7. The number of nitrogens with two attached hydrogens (primary N) is 1. The maximum absolute atomic E-state index is 12.7. The van der Waals surface area contributed by atoms with Crippen LogP contribution >= 0.6 is 0 Å². The Morgan fingerprint density at radius 1 is 0.773 bits per heavy atom. The number of hydrogen-bond donors (Lipinski definition) is 8. The van der Waals surface area contributed by atoms with E-state index in [0.29, 0.717) is 58.7 Å². The molecule has 8 rings (SSSR count). The molecule has 0 aliphatic carbocycles. The van der Waals surface area contributed by atoms with Gasteiger partial charge < -0.3 is 52.0 Å². The predicted molar refractivity (Wildman–Crippen MR) is 240 cm³/mol. The summed E-state index contributed by atoms with van der Waals surface area (Å²) in [6.07, 6.45) is -1.05. The number of nitro benzene ring substituents is 1. The van der Waals surface area contributed by atoms with E-state index in [2.05, 4.69) is 41.6 Å². The zero-order valence-electron chi connectivity index (χ0n) is 35.1. The summed E-state index contributed by atoms with van der Waals surface area (Å²) in [4.78, 5) is 71.4. The van der Waals surface area contributed by atoms with Gasteiger partial charge in [-0.3, -0.25) is 19.7 Å². The molecule has 0 radical (unpaired) electrons.